The number of benzene rings is 1. The zero-order chi connectivity index (χ0) is 21.0. The molecule has 1 N–H and O–H groups in total. The molecule has 0 saturated heterocycles. The molecule has 154 valence electrons. The molecule has 1 amide bonds. The second kappa shape index (κ2) is 9.05. The number of nitrogens with zero attached hydrogens (tertiary/aromatic N) is 4. The highest BCUT2D eigenvalue weighted by atomic mass is 16.3. The normalized spacial score (nSPS) is 12.5. The quantitative estimate of drug-likeness (QED) is 0.632. The molecule has 0 saturated carbocycles. The Kier molecular flexibility index (Phi) is 6.49. The summed E-state index contributed by atoms with van der Waals surface area (Å²) in [5.74, 6) is 1.56. The van der Waals surface area contributed by atoms with Crippen molar-refractivity contribution in [3.8, 4) is 11.3 Å². The van der Waals surface area contributed by atoms with Gasteiger partial charge in [0.15, 0.2) is 0 Å². The van der Waals surface area contributed by atoms with Crippen LogP contribution in [0.5, 0.6) is 0 Å². The summed E-state index contributed by atoms with van der Waals surface area (Å²) >= 11 is 0. The van der Waals surface area contributed by atoms with E-state index in [1.807, 2.05) is 82.4 Å². The first-order chi connectivity index (χ1) is 13.8. The maximum Gasteiger partial charge on any atom is 0.245 e. The second-order valence-corrected chi connectivity index (χ2v) is 7.96. The number of nitrogens with one attached hydrogen (secondary N) is 1. The van der Waals surface area contributed by atoms with Crippen molar-refractivity contribution >= 4 is 5.91 Å². The van der Waals surface area contributed by atoms with Crippen molar-refractivity contribution in [2.24, 2.45) is 5.92 Å². The van der Waals surface area contributed by atoms with Crippen LogP contribution in [0, 0.1) is 12.8 Å². The molecular formula is C22H29N5O2. The first-order valence-corrected chi connectivity index (χ1v) is 9.82. The van der Waals surface area contributed by atoms with Gasteiger partial charge in [-0.3, -0.25) is 4.79 Å². The van der Waals surface area contributed by atoms with Crippen molar-refractivity contribution < 1.29 is 9.21 Å². The van der Waals surface area contributed by atoms with E-state index in [1.54, 1.807) is 4.68 Å². The summed E-state index contributed by atoms with van der Waals surface area (Å²) in [6.45, 7) is 7.11. The molecule has 0 aliphatic heterocycles. The third-order valence-corrected chi connectivity index (χ3v) is 4.67. The highest BCUT2D eigenvalue weighted by Gasteiger charge is 2.26. The lowest BCUT2D eigenvalue weighted by atomic mass is 10.0. The molecule has 3 aromatic rings. The Labute approximate surface area is 171 Å². The summed E-state index contributed by atoms with van der Waals surface area (Å²) in [5.41, 5.74) is 2.92. The Hall–Kier alpha value is -2.93. The van der Waals surface area contributed by atoms with Crippen LogP contribution in [-0.4, -0.2) is 39.9 Å². The maximum atomic E-state index is 12.9. The van der Waals surface area contributed by atoms with Gasteiger partial charge in [0.05, 0.1) is 19.3 Å². The van der Waals surface area contributed by atoms with Crippen LogP contribution in [-0.2, 0) is 17.9 Å². The van der Waals surface area contributed by atoms with Crippen LogP contribution < -0.4 is 5.32 Å². The van der Waals surface area contributed by atoms with Gasteiger partial charge in [-0.1, -0.05) is 48.9 Å². The molecule has 7 heteroatoms. The van der Waals surface area contributed by atoms with Gasteiger partial charge in [-0.15, -0.1) is 5.10 Å². The molecule has 2 heterocycles. The largest absolute Gasteiger partial charge is 0.463 e. The molecule has 0 fully saturated rings. The molecule has 0 aliphatic carbocycles. The van der Waals surface area contributed by atoms with Crippen LogP contribution in [0.4, 0.5) is 0 Å². The summed E-state index contributed by atoms with van der Waals surface area (Å²) in [6, 6.07) is 11.5. The molecule has 7 nitrogen and oxygen atoms in total. The van der Waals surface area contributed by atoms with Gasteiger partial charge in [0.25, 0.3) is 0 Å². The number of amides is 1. The molecule has 0 aliphatic rings. The first-order valence-electron chi connectivity index (χ1n) is 9.82. The molecule has 29 heavy (non-hydrogen) atoms. The van der Waals surface area contributed by atoms with Crippen LogP contribution in [0.2, 0.25) is 0 Å². The van der Waals surface area contributed by atoms with Gasteiger partial charge >= 0.3 is 0 Å². The number of aryl methyl sites for hydroxylation is 1. The third-order valence-electron chi connectivity index (χ3n) is 4.67. The summed E-state index contributed by atoms with van der Waals surface area (Å²) < 4.78 is 7.42. The number of furan rings is 1. The van der Waals surface area contributed by atoms with Crippen LogP contribution in [0.1, 0.15) is 37.0 Å². The van der Waals surface area contributed by atoms with Gasteiger partial charge in [-0.25, -0.2) is 4.68 Å². The fourth-order valence-electron chi connectivity index (χ4n) is 3.19. The molecule has 0 unspecified atom stereocenters. The number of carbonyl (C=O) groups excluding carboxylic acids is 1. The molecule has 1 aromatic carbocycles. The summed E-state index contributed by atoms with van der Waals surface area (Å²) in [5, 5.41) is 11.5. The average Bonchev–Trinajstić information content (AvgIpc) is 3.30. The van der Waals surface area contributed by atoms with Crippen LogP contribution in [0.3, 0.4) is 0 Å². The van der Waals surface area contributed by atoms with E-state index in [0.29, 0.717) is 6.54 Å². The Bertz CT molecular complexity index is 940. The number of aromatic nitrogens is 3. The highest BCUT2D eigenvalue weighted by Crippen LogP contribution is 2.22. The van der Waals surface area contributed by atoms with Crippen molar-refractivity contribution in [2.75, 3.05) is 14.1 Å². The van der Waals surface area contributed by atoms with E-state index < -0.39 is 6.04 Å². The van der Waals surface area contributed by atoms with Crippen molar-refractivity contribution in [2.45, 2.75) is 39.9 Å². The van der Waals surface area contributed by atoms with Crippen molar-refractivity contribution in [1.82, 2.24) is 25.2 Å². The van der Waals surface area contributed by atoms with Crippen LogP contribution in [0.25, 0.3) is 11.3 Å². The zero-order valence-electron chi connectivity index (χ0n) is 17.7. The SMILES string of the molecule is Cc1ccc(-c2cn([C@H](C(=O)NCc3ccc(CN(C)C)o3)C(C)C)nn2)cc1. The fraction of sp³-hybridized carbons (Fsp3) is 0.409. The minimum Gasteiger partial charge on any atom is -0.463 e. The van der Waals surface area contributed by atoms with E-state index in [9.17, 15) is 4.79 Å². The highest BCUT2D eigenvalue weighted by molar-refractivity contribution is 5.80. The van der Waals surface area contributed by atoms with Crippen molar-refractivity contribution in [3.05, 3.63) is 59.7 Å². The lowest BCUT2D eigenvalue weighted by molar-refractivity contribution is -0.126. The molecule has 0 radical (unpaired) electrons. The smallest absolute Gasteiger partial charge is 0.245 e. The topological polar surface area (TPSA) is 76.2 Å². The fourth-order valence-corrected chi connectivity index (χ4v) is 3.19. The standard InChI is InChI=1S/C22H29N5O2/c1-15(2)21(22(28)23-12-18-10-11-19(29-18)13-26(4)5)27-14-20(24-25-27)17-8-6-16(3)7-9-17/h6-11,14-15,21H,12-13H2,1-5H3,(H,23,28)/t21-/m0/s1. The van der Waals surface area contributed by atoms with Gasteiger partial charge < -0.3 is 14.6 Å². The average molecular weight is 396 g/mol. The Morgan fingerprint density at radius 2 is 1.83 bits per heavy atom. The van der Waals surface area contributed by atoms with Gasteiger partial charge in [-0.05, 0) is 39.1 Å². The first kappa shape index (κ1) is 20.8. The number of carbonyl (C=O) groups is 1. The monoisotopic (exact) mass is 395 g/mol. The molecule has 2 aromatic heterocycles. The molecule has 0 bridgehead atoms. The maximum absolute atomic E-state index is 12.9. The third kappa shape index (κ3) is 5.32. The number of rotatable bonds is 8. The summed E-state index contributed by atoms with van der Waals surface area (Å²) in [7, 11) is 3.97. The van der Waals surface area contributed by atoms with Gasteiger partial charge in [0.1, 0.15) is 23.3 Å². The van der Waals surface area contributed by atoms with Crippen LogP contribution >= 0.6 is 0 Å². The predicted molar refractivity (Wildman–Crippen MR) is 112 cm³/mol. The van der Waals surface area contributed by atoms with Gasteiger partial charge in [0, 0.05) is 5.56 Å². The van der Waals surface area contributed by atoms with E-state index in [0.717, 1.165) is 29.3 Å². The lowest BCUT2D eigenvalue weighted by Crippen LogP contribution is -2.35. The molecule has 1 atom stereocenters. The predicted octanol–water partition coefficient (Wildman–Crippen LogP) is 3.42. The lowest BCUT2D eigenvalue weighted by Gasteiger charge is -2.19. The number of hydrogen-bond acceptors (Lipinski definition) is 5. The zero-order valence-corrected chi connectivity index (χ0v) is 17.7. The molecule has 3 rings (SSSR count). The second-order valence-electron chi connectivity index (χ2n) is 7.96. The van der Waals surface area contributed by atoms with Gasteiger partial charge in [0.2, 0.25) is 5.91 Å². The van der Waals surface area contributed by atoms with Crippen molar-refractivity contribution in [1.29, 1.82) is 0 Å². The Morgan fingerprint density at radius 3 is 2.48 bits per heavy atom. The Morgan fingerprint density at radius 1 is 1.14 bits per heavy atom. The van der Waals surface area contributed by atoms with E-state index in [-0.39, 0.29) is 11.8 Å². The van der Waals surface area contributed by atoms with Gasteiger partial charge in [-0.2, -0.15) is 0 Å². The van der Waals surface area contributed by atoms with E-state index in [2.05, 4.69) is 15.6 Å². The van der Waals surface area contributed by atoms with Crippen LogP contribution in [0.15, 0.2) is 47.0 Å². The summed E-state index contributed by atoms with van der Waals surface area (Å²) in [6.07, 6.45) is 1.83. The molecular weight excluding hydrogens is 366 g/mol. The van der Waals surface area contributed by atoms with Crippen molar-refractivity contribution in [3.63, 3.8) is 0 Å². The van der Waals surface area contributed by atoms with E-state index in [1.165, 1.54) is 5.56 Å². The minimum absolute atomic E-state index is 0.0588. The van der Waals surface area contributed by atoms with E-state index in [4.69, 9.17) is 4.42 Å². The van der Waals surface area contributed by atoms with E-state index >= 15 is 0 Å². The minimum atomic E-state index is -0.446. The molecule has 0 spiro atoms. The number of hydrogen-bond donors (Lipinski definition) is 1. The Balaban J connectivity index is 1.68. The summed E-state index contributed by atoms with van der Waals surface area (Å²) in [4.78, 5) is 14.9.